The van der Waals surface area contributed by atoms with E-state index in [0.29, 0.717) is 23.4 Å². The Bertz CT molecular complexity index is 1100. The fourth-order valence-corrected chi connectivity index (χ4v) is 3.43. The number of benzene rings is 3. The predicted octanol–water partition coefficient (Wildman–Crippen LogP) is 3.42. The number of rotatable bonds is 5. The number of fused-ring (bicyclic) bond motifs is 1. The highest BCUT2D eigenvalue weighted by atomic mass is 16.5. The molecule has 4 rings (SSSR count). The Hall–Kier alpha value is -3.93. The van der Waals surface area contributed by atoms with Crippen LogP contribution in [0.15, 0.2) is 78.9 Å². The molecule has 1 aliphatic heterocycles. The van der Waals surface area contributed by atoms with Gasteiger partial charge in [0.2, 0.25) is 5.91 Å². The first kappa shape index (κ1) is 19.4. The minimum atomic E-state index is -0.565. The Labute approximate surface area is 174 Å². The van der Waals surface area contributed by atoms with Crippen molar-refractivity contribution in [1.29, 1.82) is 0 Å². The molecule has 0 spiro atoms. The summed E-state index contributed by atoms with van der Waals surface area (Å²) in [6, 6.07) is 24.0. The summed E-state index contributed by atoms with van der Waals surface area (Å²) in [7, 11) is 0. The lowest BCUT2D eigenvalue weighted by Crippen LogP contribution is -2.44. The molecule has 2 amide bonds. The summed E-state index contributed by atoms with van der Waals surface area (Å²) in [4.78, 5) is 38.6. The van der Waals surface area contributed by atoms with Crippen molar-refractivity contribution >= 4 is 29.2 Å². The lowest BCUT2D eigenvalue weighted by atomic mass is 10.00. The molecule has 30 heavy (non-hydrogen) atoms. The average molecular weight is 400 g/mol. The van der Waals surface area contributed by atoms with Crippen LogP contribution in [0, 0.1) is 0 Å². The molecular formula is C24H20N2O4. The second kappa shape index (κ2) is 8.61. The SMILES string of the molecule is O=C1CN(C(=O)COC(=O)c2ccccc2Cc2ccccc2)c2ccccc2N1. The average Bonchev–Trinajstić information content (AvgIpc) is 2.77. The lowest BCUT2D eigenvalue weighted by Gasteiger charge is -2.28. The standard InChI is InChI=1S/C24H20N2O4/c27-22-15-26(21-13-7-6-12-20(21)25-22)23(28)16-30-24(29)19-11-5-4-10-18(19)14-17-8-2-1-3-9-17/h1-13H,14-16H2,(H,25,27). The zero-order valence-corrected chi connectivity index (χ0v) is 16.2. The summed E-state index contributed by atoms with van der Waals surface area (Å²) in [5.41, 5.74) is 3.46. The highest BCUT2D eigenvalue weighted by molar-refractivity contribution is 6.10. The van der Waals surface area contributed by atoms with Crippen molar-refractivity contribution in [2.75, 3.05) is 23.4 Å². The Morgan fingerprint density at radius 2 is 1.60 bits per heavy atom. The molecule has 0 fully saturated rings. The number of hydrogen-bond acceptors (Lipinski definition) is 4. The zero-order valence-electron chi connectivity index (χ0n) is 16.2. The Morgan fingerprint density at radius 3 is 2.43 bits per heavy atom. The van der Waals surface area contributed by atoms with E-state index in [0.717, 1.165) is 11.1 Å². The molecule has 0 radical (unpaired) electrons. The molecule has 1 heterocycles. The summed E-state index contributed by atoms with van der Waals surface area (Å²) in [6.45, 7) is -0.557. The van der Waals surface area contributed by atoms with E-state index in [4.69, 9.17) is 4.74 Å². The van der Waals surface area contributed by atoms with Crippen LogP contribution in [-0.4, -0.2) is 30.9 Å². The molecule has 0 unspecified atom stereocenters. The van der Waals surface area contributed by atoms with Gasteiger partial charge in [0.05, 0.1) is 16.9 Å². The quantitative estimate of drug-likeness (QED) is 0.666. The van der Waals surface area contributed by atoms with Crippen molar-refractivity contribution in [3.8, 4) is 0 Å². The van der Waals surface area contributed by atoms with Crippen LogP contribution in [0.3, 0.4) is 0 Å². The van der Waals surface area contributed by atoms with Crippen molar-refractivity contribution in [3.05, 3.63) is 95.6 Å². The van der Waals surface area contributed by atoms with E-state index in [2.05, 4.69) is 5.32 Å². The summed E-state index contributed by atoms with van der Waals surface area (Å²) in [5.74, 6) is -1.31. The molecule has 0 aromatic heterocycles. The topological polar surface area (TPSA) is 75.7 Å². The number of ether oxygens (including phenoxy) is 1. The maximum absolute atomic E-state index is 12.7. The number of amides is 2. The van der Waals surface area contributed by atoms with Crippen LogP contribution in [-0.2, 0) is 20.7 Å². The molecule has 6 nitrogen and oxygen atoms in total. The second-order valence-electron chi connectivity index (χ2n) is 6.94. The van der Waals surface area contributed by atoms with Gasteiger partial charge in [0.15, 0.2) is 6.61 Å². The van der Waals surface area contributed by atoms with Gasteiger partial charge in [0.25, 0.3) is 5.91 Å². The smallest absolute Gasteiger partial charge is 0.338 e. The van der Waals surface area contributed by atoms with Gasteiger partial charge in [-0.2, -0.15) is 0 Å². The summed E-state index contributed by atoms with van der Waals surface area (Å²) >= 11 is 0. The van der Waals surface area contributed by atoms with Crippen molar-refractivity contribution in [1.82, 2.24) is 0 Å². The normalized spacial score (nSPS) is 12.7. The van der Waals surface area contributed by atoms with E-state index in [1.807, 2.05) is 42.5 Å². The largest absolute Gasteiger partial charge is 0.452 e. The zero-order chi connectivity index (χ0) is 20.9. The molecule has 1 aliphatic rings. The van der Waals surface area contributed by atoms with Crippen LogP contribution < -0.4 is 10.2 Å². The number of nitrogens with one attached hydrogen (secondary N) is 1. The van der Waals surface area contributed by atoms with Gasteiger partial charge < -0.3 is 10.1 Å². The van der Waals surface area contributed by atoms with Crippen molar-refractivity contribution in [3.63, 3.8) is 0 Å². The van der Waals surface area contributed by atoms with Gasteiger partial charge in [-0.3, -0.25) is 14.5 Å². The van der Waals surface area contributed by atoms with Crippen molar-refractivity contribution < 1.29 is 19.1 Å². The van der Waals surface area contributed by atoms with Crippen LogP contribution in [0.25, 0.3) is 0 Å². The molecule has 0 aliphatic carbocycles. The van der Waals surface area contributed by atoms with Gasteiger partial charge in [-0.05, 0) is 35.7 Å². The van der Waals surface area contributed by atoms with Crippen LogP contribution in [0.1, 0.15) is 21.5 Å². The Morgan fingerprint density at radius 1 is 0.900 bits per heavy atom. The first-order chi connectivity index (χ1) is 14.6. The number of anilines is 2. The number of carbonyl (C=O) groups is 3. The number of nitrogens with zero attached hydrogens (tertiary/aromatic N) is 1. The third-order valence-corrected chi connectivity index (χ3v) is 4.87. The van der Waals surface area contributed by atoms with Gasteiger partial charge in [-0.15, -0.1) is 0 Å². The molecule has 3 aromatic rings. The Kier molecular flexibility index (Phi) is 5.57. The molecule has 3 aromatic carbocycles. The van der Waals surface area contributed by atoms with Crippen LogP contribution >= 0.6 is 0 Å². The van der Waals surface area contributed by atoms with Gasteiger partial charge in [0.1, 0.15) is 6.54 Å². The van der Waals surface area contributed by atoms with E-state index < -0.39 is 18.5 Å². The summed E-state index contributed by atoms with van der Waals surface area (Å²) < 4.78 is 5.31. The number of carbonyl (C=O) groups excluding carboxylic acids is 3. The van der Waals surface area contributed by atoms with E-state index in [-0.39, 0.29) is 12.5 Å². The fraction of sp³-hybridized carbons (Fsp3) is 0.125. The van der Waals surface area contributed by atoms with Crippen molar-refractivity contribution in [2.45, 2.75) is 6.42 Å². The molecule has 0 bridgehead atoms. The molecular weight excluding hydrogens is 380 g/mol. The predicted molar refractivity (Wildman–Crippen MR) is 113 cm³/mol. The Balaban J connectivity index is 1.46. The fourth-order valence-electron chi connectivity index (χ4n) is 3.43. The molecule has 1 N–H and O–H groups in total. The maximum Gasteiger partial charge on any atom is 0.338 e. The van der Waals surface area contributed by atoms with Gasteiger partial charge in [-0.1, -0.05) is 60.7 Å². The minimum Gasteiger partial charge on any atom is -0.452 e. The first-order valence-electron chi connectivity index (χ1n) is 9.60. The lowest BCUT2D eigenvalue weighted by molar-refractivity contribution is -0.124. The molecule has 0 atom stereocenters. The number of para-hydroxylation sites is 2. The van der Waals surface area contributed by atoms with E-state index in [1.54, 1.807) is 36.4 Å². The van der Waals surface area contributed by atoms with Crippen LogP contribution in [0.2, 0.25) is 0 Å². The van der Waals surface area contributed by atoms with E-state index >= 15 is 0 Å². The minimum absolute atomic E-state index is 0.113. The van der Waals surface area contributed by atoms with E-state index in [1.165, 1.54) is 4.90 Å². The number of hydrogen-bond donors (Lipinski definition) is 1. The highest BCUT2D eigenvalue weighted by Gasteiger charge is 2.27. The van der Waals surface area contributed by atoms with Crippen LogP contribution in [0.5, 0.6) is 0 Å². The monoisotopic (exact) mass is 400 g/mol. The number of esters is 1. The molecule has 150 valence electrons. The van der Waals surface area contributed by atoms with Gasteiger partial charge >= 0.3 is 5.97 Å². The highest BCUT2D eigenvalue weighted by Crippen LogP contribution is 2.28. The van der Waals surface area contributed by atoms with E-state index in [9.17, 15) is 14.4 Å². The third kappa shape index (κ3) is 4.22. The van der Waals surface area contributed by atoms with Gasteiger partial charge in [-0.25, -0.2) is 4.79 Å². The molecule has 6 heteroatoms. The van der Waals surface area contributed by atoms with Crippen molar-refractivity contribution in [2.24, 2.45) is 0 Å². The summed E-state index contributed by atoms with van der Waals surface area (Å²) in [5, 5.41) is 2.73. The van der Waals surface area contributed by atoms with Crippen LogP contribution in [0.4, 0.5) is 11.4 Å². The first-order valence-corrected chi connectivity index (χ1v) is 9.60. The second-order valence-corrected chi connectivity index (χ2v) is 6.94. The molecule has 0 saturated heterocycles. The molecule has 0 saturated carbocycles. The van der Waals surface area contributed by atoms with Gasteiger partial charge in [0, 0.05) is 0 Å². The third-order valence-electron chi connectivity index (χ3n) is 4.87. The maximum atomic E-state index is 12.7. The summed E-state index contributed by atoms with van der Waals surface area (Å²) in [6.07, 6.45) is 0.583.